The predicted molar refractivity (Wildman–Crippen MR) is 278 cm³/mol. The van der Waals surface area contributed by atoms with E-state index >= 15 is 4.39 Å². The summed E-state index contributed by atoms with van der Waals surface area (Å²) in [5.74, 6) is -1.23. The van der Waals surface area contributed by atoms with Crippen molar-refractivity contribution in [2.75, 3.05) is 61.1 Å². The Hall–Kier alpha value is -6.94. The number of aliphatic hydroxyl groups is 1. The van der Waals surface area contributed by atoms with Crippen LogP contribution in [0.25, 0.3) is 5.69 Å². The van der Waals surface area contributed by atoms with E-state index in [1.807, 2.05) is 62.4 Å². The van der Waals surface area contributed by atoms with Crippen LogP contribution in [0.1, 0.15) is 90.6 Å². The van der Waals surface area contributed by atoms with Gasteiger partial charge in [-0.05, 0) is 86.8 Å². The van der Waals surface area contributed by atoms with Gasteiger partial charge in [0.2, 0.25) is 12.6 Å². The lowest BCUT2D eigenvalue weighted by atomic mass is 9.87. The number of aromatic nitrogens is 7. The first-order valence-corrected chi connectivity index (χ1v) is 25.2. The number of unbranched alkanes of at least 4 members (excludes halogenated alkanes) is 1. The monoisotopic (exact) mass is 1070 g/mol. The molecular weight excluding hydrogens is 1000 g/mol. The molecule has 410 valence electrons. The van der Waals surface area contributed by atoms with Crippen LogP contribution in [-0.2, 0) is 37.8 Å². The van der Waals surface area contributed by atoms with E-state index in [4.69, 9.17) is 24.7 Å². The van der Waals surface area contributed by atoms with Crippen molar-refractivity contribution < 1.29 is 59.4 Å². The second-order valence-electron chi connectivity index (χ2n) is 19.0. The molecule has 6 atom stereocenters. The summed E-state index contributed by atoms with van der Waals surface area (Å²) < 4.78 is 59.8. The topological polar surface area (TPSA) is 201 Å². The lowest BCUT2D eigenvalue weighted by Gasteiger charge is -2.37. The molecule has 2 fully saturated rings. The second-order valence-corrected chi connectivity index (χ2v) is 19.0. The highest BCUT2D eigenvalue weighted by Crippen LogP contribution is 2.42. The molecule has 2 saturated heterocycles. The fraction of sp³-hybridized carbons (Fsp3) is 0.463. The van der Waals surface area contributed by atoms with Crippen LogP contribution in [0.3, 0.4) is 0 Å². The fourth-order valence-electron chi connectivity index (χ4n) is 9.55. The number of ether oxygens (including phenoxy) is 4. The van der Waals surface area contributed by atoms with E-state index < -0.39 is 53.7 Å². The van der Waals surface area contributed by atoms with Gasteiger partial charge in [0.05, 0.1) is 31.0 Å². The Morgan fingerprint density at radius 3 is 2.29 bits per heavy atom. The first-order chi connectivity index (χ1) is 35.7. The molecule has 1 unspecified atom stereocenters. The standard InChI is InChI=1S/C53H66F2N11O8.CH4.ClH/c1-6-8-11-47(56)50(68)72-31-39-10-9-22-57-49(39)60(5)52(70)74-37(4)63-33-58-64(35-63)32-53(45-21-12-40(54)27-46(45)55)28-38(30-73-53)29-71-44-19-17-42(18-20-44)62-25-23-61(24-26-62)41-13-15-43(16-14-41)65-34-59-66(51(65)69)48(7-2)36(3)67;;/h9-10,12-22,27,33-38,47-48,67H,6-8,11,23-26,28-32,56H2,1-5H3;1H4;1H/q+1;;/p-1/t36-,37?,38+,47-,48-,53-;;/m0../s1. The molecule has 3 aromatic carbocycles. The van der Waals surface area contributed by atoms with Crippen molar-refractivity contribution in [1.82, 2.24) is 29.1 Å². The highest BCUT2D eigenvalue weighted by molar-refractivity contribution is 5.86. The number of amides is 1. The van der Waals surface area contributed by atoms with Gasteiger partial charge in [-0.2, -0.15) is 9.67 Å². The van der Waals surface area contributed by atoms with Gasteiger partial charge in [0.15, 0.2) is 0 Å². The van der Waals surface area contributed by atoms with Gasteiger partial charge >= 0.3 is 17.8 Å². The van der Waals surface area contributed by atoms with Gasteiger partial charge in [0.25, 0.3) is 6.33 Å². The Morgan fingerprint density at radius 1 is 0.974 bits per heavy atom. The number of hydrogen-bond acceptors (Lipinski definition) is 14. The molecule has 0 aliphatic carbocycles. The van der Waals surface area contributed by atoms with Gasteiger partial charge in [0, 0.05) is 85.9 Å². The largest absolute Gasteiger partial charge is 1.00 e. The van der Waals surface area contributed by atoms with Crippen molar-refractivity contribution in [2.45, 2.75) is 110 Å². The summed E-state index contributed by atoms with van der Waals surface area (Å²) in [6, 6.07) is 21.5. The summed E-state index contributed by atoms with van der Waals surface area (Å²) in [6.07, 6.45) is 6.96. The molecule has 3 aromatic heterocycles. The van der Waals surface area contributed by atoms with Gasteiger partial charge in [-0.25, -0.2) is 32.6 Å². The minimum Gasteiger partial charge on any atom is -1.00 e. The van der Waals surface area contributed by atoms with E-state index in [9.17, 15) is 23.9 Å². The number of pyridine rings is 1. The summed E-state index contributed by atoms with van der Waals surface area (Å²) >= 11 is 0. The fourth-order valence-corrected chi connectivity index (χ4v) is 9.55. The van der Waals surface area contributed by atoms with Crippen LogP contribution >= 0.6 is 0 Å². The van der Waals surface area contributed by atoms with Crippen LogP contribution in [0.4, 0.5) is 30.8 Å². The molecule has 3 N–H and O–H groups in total. The number of nitrogens with two attached hydrogens (primary N) is 1. The number of benzene rings is 3. The van der Waals surface area contributed by atoms with Crippen molar-refractivity contribution >= 4 is 29.3 Å². The molecule has 2 aliphatic heterocycles. The smallest absolute Gasteiger partial charge is 0.418 e. The second kappa shape index (κ2) is 26.2. The molecule has 22 heteroatoms. The third-order valence-electron chi connectivity index (χ3n) is 13.8. The summed E-state index contributed by atoms with van der Waals surface area (Å²) in [5, 5.41) is 18.9. The molecule has 0 saturated carbocycles. The Balaban J connectivity index is 0.00000469. The number of piperazine rings is 1. The number of nitrogens with zero attached hydrogens (tertiary/aromatic N) is 10. The lowest BCUT2D eigenvalue weighted by molar-refractivity contribution is -0.753. The first-order valence-electron chi connectivity index (χ1n) is 25.2. The number of hydrogen-bond donors (Lipinski definition) is 2. The number of carbonyl (C=O) groups excluding carboxylic acids is 2. The molecule has 6 aromatic rings. The van der Waals surface area contributed by atoms with Gasteiger partial charge in [-0.3, -0.25) is 9.69 Å². The molecule has 0 spiro atoms. The summed E-state index contributed by atoms with van der Waals surface area (Å²) in [5.41, 5.74) is 7.95. The summed E-state index contributed by atoms with van der Waals surface area (Å²) in [6.45, 7) is 10.9. The van der Waals surface area contributed by atoms with E-state index in [-0.39, 0.29) is 69.2 Å². The molecular formula is C54H70ClF2N11O8. The highest BCUT2D eigenvalue weighted by Gasteiger charge is 2.46. The zero-order valence-electron chi connectivity index (χ0n) is 42.9. The Morgan fingerprint density at radius 2 is 1.64 bits per heavy atom. The number of anilines is 3. The zero-order chi connectivity index (χ0) is 52.5. The van der Waals surface area contributed by atoms with Crippen molar-refractivity contribution in [3.63, 3.8) is 0 Å². The van der Waals surface area contributed by atoms with Crippen molar-refractivity contribution in [2.24, 2.45) is 11.7 Å². The average molecular weight is 1070 g/mol. The minimum atomic E-state index is -1.23. The van der Waals surface area contributed by atoms with Gasteiger partial charge in [0.1, 0.15) is 54.3 Å². The molecule has 5 heterocycles. The number of rotatable bonds is 21. The van der Waals surface area contributed by atoms with Crippen LogP contribution in [-0.4, -0.2) is 105 Å². The summed E-state index contributed by atoms with van der Waals surface area (Å²) in [7, 11) is 1.50. The molecule has 0 bridgehead atoms. The maximum atomic E-state index is 15.6. The molecule has 1 amide bonds. The first kappa shape index (κ1) is 58.3. The maximum Gasteiger partial charge on any atom is 0.418 e. The lowest BCUT2D eigenvalue weighted by Crippen LogP contribution is -3.00. The van der Waals surface area contributed by atoms with Crippen LogP contribution in [0.2, 0.25) is 0 Å². The Labute approximate surface area is 448 Å². The van der Waals surface area contributed by atoms with Crippen molar-refractivity contribution in [3.8, 4) is 11.4 Å². The average Bonchev–Trinajstić information content (AvgIpc) is 4.17. The maximum absolute atomic E-state index is 15.6. The van der Waals surface area contributed by atoms with E-state index in [0.717, 1.165) is 56.5 Å². The van der Waals surface area contributed by atoms with E-state index in [1.54, 1.807) is 41.6 Å². The number of halogens is 3. The quantitative estimate of drug-likeness (QED) is 0.0778. The van der Waals surface area contributed by atoms with Gasteiger partial charge in [-0.1, -0.05) is 46.2 Å². The van der Waals surface area contributed by atoms with E-state index in [2.05, 4.69) is 25.0 Å². The van der Waals surface area contributed by atoms with Crippen molar-refractivity contribution in [1.29, 1.82) is 0 Å². The van der Waals surface area contributed by atoms with Crippen LogP contribution in [0, 0.1) is 17.6 Å². The zero-order valence-corrected chi connectivity index (χ0v) is 43.6. The van der Waals surface area contributed by atoms with E-state index in [1.165, 1.54) is 52.2 Å². The molecule has 8 rings (SSSR count). The minimum absolute atomic E-state index is 0. The van der Waals surface area contributed by atoms with E-state index in [0.29, 0.717) is 36.3 Å². The molecule has 76 heavy (non-hydrogen) atoms. The molecule has 0 radical (unpaired) electrons. The van der Waals surface area contributed by atoms with Crippen molar-refractivity contribution in [3.05, 3.63) is 137 Å². The van der Waals surface area contributed by atoms with Crippen LogP contribution in [0.5, 0.6) is 5.75 Å². The Bertz CT molecular complexity index is 2900. The summed E-state index contributed by atoms with van der Waals surface area (Å²) in [4.78, 5) is 49.2. The highest BCUT2D eigenvalue weighted by atomic mass is 35.5. The third-order valence-corrected chi connectivity index (χ3v) is 13.8. The normalized spacial score (nSPS) is 17.9. The SMILES string of the molecule is C.CCCC[C@H](N)C(=O)OCc1cccnc1N(C)C(=O)OC(C)[n+]1cnn(C[C@]2(c3ccc(F)cc3F)C[C@H](COc3ccc(N4CCN(c5ccc(-n6cnn([C@@H](CC)[C@H](C)O)c6=O)cc5)CC4)cc3)CO2)c1.[Cl-]. The Kier molecular flexibility index (Phi) is 20.1. The number of aliphatic hydroxyl groups excluding tert-OH is 1. The van der Waals surface area contributed by atoms with Gasteiger partial charge < -0.3 is 52.0 Å². The molecule has 2 aliphatic rings. The third kappa shape index (κ3) is 13.5. The van der Waals surface area contributed by atoms with Crippen LogP contribution < -0.4 is 47.8 Å². The number of carbonyl (C=O) groups is 2. The molecule has 19 nitrogen and oxygen atoms in total. The predicted octanol–water partition coefficient (Wildman–Crippen LogP) is 3.85. The van der Waals surface area contributed by atoms with Crippen LogP contribution in [0.15, 0.2) is 109 Å². The van der Waals surface area contributed by atoms with Gasteiger partial charge in [-0.15, -0.1) is 4.68 Å². The number of esters is 1.